The van der Waals surface area contributed by atoms with E-state index in [1.807, 2.05) is 0 Å². The van der Waals surface area contributed by atoms with E-state index >= 15 is 0 Å². The molecule has 0 aromatic heterocycles. The number of carbonyl (C=O) groups is 2. The van der Waals surface area contributed by atoms with E-state index in [-0.39, 0.29) is 24.4 Å². The van der Waals surface area contributed by atoms with Crippen molar-refractivity contribution in [3.63, 3.8) is 0 Å². The third-order valence-corrected chi connectivity index (χ3v) is 18.5. The summed E-state index contributed by atoms with van der Waals surface area (Å²) in [6.45, 7) is 18.0. The lowest BCUT2D eigenvalue weighted by atomic mass is 9.80. The minimum atomic E-state index is -5.32. The van der Waals surface area contributed by atoms with Crippen LogP contribution in [0.5, 0.6) is 0 Å². The van der Waals surface area contributed by atoms with E-state index in [9.17, 15) is 53.2 Å². The number of unbranched alkanes of at least 4 members (excludes halogenated alkanes) is 26. The van der Waals surface area contributed by atoms with E-state index < -0.39 is 103 Å². The topological polar surface area (TPSA) is 265 Å². The van der Waals surface area contributed by atoms with Gasteiger partial charge in [0.15, 0.2) is 24.6 Å². The van der Waals surface area contributed by atoms with E-state index in [1.165, 1.54) is 135 Å². The van der Waals surface area contributed by atoms with Gasteiger partial charge in [-0.3, -0.25) is 14.1 Å². The van der Waals surface area contributed by atoms with Gasteiger partial charge >= 0.3 is 22.3 Å². The third kappa shape index (κ3) is 35.0. The molecule has 85 heavy (non-hydrogen) atoms. The fraction of sp³-hybridized carbons (Fsp3) is 0.970. The maximum Gasteiger partial charge on any atom is 0.397 e. The summed E-state index contributed by atoms with van der Waals surface area (Å²) in [6.07, 6.45) is 22.1. The smallest absolute Gasteiger partial charge is 0.397 e. The molecule has 504 valence electrons. The first kappa shape index (κ1) is 79.5. The molecule has 2 aliphatic heterocycles. The van der Waals surface area contributed by atoms with Gasteiger partial charge in [-0.15, -0.1) is 0 Å². The number of aliphatic hydroxyl groups excluding tert-OH is 6. The van der Waals surface area contributed by atoms with Crippen molar-refractivity contribution in [2.45, 2.75) is 361 Å². The van der Waals surface area contributed by atoms with Gasteiger partial charge in [0.2, 0.25) is 6.29 Å². The Morgan fingerprint density at radius 3 is 1.24 bits per heavy atom. The molecule has 0 amide bonds. The zero-order valence-corrected chi connectivity index (χ0v) is 55.7. The van der Waals surface area contributed by atoms with Crippen LogP contribution in [0.1, 0.15) is 293 Å². The zero-order valence-electron chi connectivity index (χ0n) is 54.9. The number of aliphatic hydroxyl groups is 6. The summed E-state index contributed by atoms with van der Waals surface area (Å²) in [7, 11) is -5.32. The van der Waals surface area contributed by atoms with Gasteiger partial charge in [-0.25, -0.2) is 4.18 Å². The first-order valence-electron chi connectivity index (χ1n) is 34.5. The third-order valence-electron chi connectivity index (χ3n) is 18.0. The molecule has 0 radical (unpaired) electrons. The summed E-state index contributed by atoms with van der Waals surface area (Å²) < 4.78 is 67.3. The predicted molar refractivity (Wildman–Crippen MR) is 334 cm³/mol. The van der Waals surface area contributed by atoms with Crippen LogP contribution in [0, 0.1) is 41.4 Å². The quantitative estimate of drug-likeness (QED) is 0.0170. The van der Waals surface area contributed by atoms with Crippen LogP contribution in [0.25, 0.3) is 0 Å². The number of carbonyl (C=O) groups excluding carboxylic acids is 2. The predicted octanol–water partition coefficient (Wildman–Crippen LogP) is 13.4. The summed E-state index contributed by atoms with van der Waals surface area (Å²) in [5.74, 6) is 0.143. The molecular weight excluding hydrogens is 1110 g/mol. The summed E-state index contributed by atoms with van der Waals surface area (Å²) in [4.78, 5) is 27.7. The Morgan fingerprint density at radius 1 is 0.459 bits per heavy atom. The Kier molecular flexibility index (Phi) is 43.5. The monoisotopic (exact) mass is 1240 g/mol. The Bertz CT molecular complexity index is 1780. The molecular formula is C67H128O17S. The Balaban J connectivity index is 1.95. The molecule has 18 heteroatoms. The van der Waals surface area contributed by atoms with Crippen molar-refractivity contribution >= 4 is 22.3 Å². The summed E-state index contributed by atoms with van der Waals surface area (Å²) >= 11 is 0. The SMILES string of the molecule is CCCCCCCCCCCCCCCCC[C@H](O)[C@H](C)C[C@H](C)C[C@H](C)C[C@H](C)C[C@H](C)C[C@H](C)C[C@@H](C)C(=O)O[C@@H]1[C@@H](O)[C@H](CO)O[C@@H](O[C@H]2O[C@H](CO)[C@@H](O)[C@H](O)[C@H]2OS(=O)(=O)O)[C@H]1OC(=O)CCCCCCCCCCCCCCC. The van der Waals surface area contributed by atoms with E-state index in [0.717, 1.165) is 77.0 Å². The zero-order chi connectivity index (χ0) is 63.2. The van der Waals surface area contributed by atoms with Gasteiger partial charge in [0.05, 0.1) is 25.2 Å². The average Bonchev–Trinajstić information content (AvgIpc) is 2.09. The molecule has 18 atom stereocenters. The number of esters is 2. The minimum absolute atomic E-state index is 0.0558. The van der Waals surface area contributed by atoms with Gasteiger partial charge in [0, 0.05) is 6.42 Å². The maximum absolute atomic E-state index is 14.1. The minimum Gasteiger partial charge on any atom is -0.455 e. The molecule has 0 aliphatic carbocycles. The van der Waals surface area contributed by atoms with Crippen molar-refractivity contribution in [2.75, 3.05) is 13.2 Å². The largest absolute Gasteiger partial charge is 0.455 e. The average molecular weight is 1240 g/mol. The summed E-state index contributed by atoms with van der Waals surface area (Å²) in [5.41, 5.74) is 0. The van der Waals surface area contributed by atoms with Gasteiger partial charge in [0.1, 0.15) is 30.5 Å². The first-order chi connectivity index (χ1) is 40.5. The van der Waals surface area contributed by atoms with Crippen molar-refractivity contribution in [1.29, 1.82) is 0 Å². The fourth-order valence-corrected chi connectivity index (χ4v) is 13.9. The normalized spacial score (nSPS) is 25.8. The van der Waals surface area contributed by atoms with Crippen molar-refractivity contribution in [3.8, 4) is 0 Å². The van der Waals surface area contributed by atoms with Crippen LogP contribution in [0.3, 0.4) is 0 Å². The maximum atomic E-state index is 14.1. The van der Waals surface area contributed by atoms with Crippen molar-refractivity contribution in [3.05, 3.63) is 0 Å². The molecule has 2 fully saturated rings. The molecule has 0 bridgehead atoms. The number of ether oxygens (including phenoxy) is 5. The Hall–Kier alpha value is -1.55. The van der Waals surface area contributed by atoms with Crippen molar-refractivity contribution < 1.29 is 81.1 Å². The molecule has 2 rings (SSSR count). The highest BCUT2D eigenvalue weighted by atomic mass is 32.3. The first-order valence-corrected chi connectivity index (χ1v) is 35.9. The Morgan fingerprint density at radius 2 is 0.824 bits per heavy atom. The molecule has 0 unspecified atom stereocenters. The lowest BCUT2D eigenvalue weighted by molar-refractivity contribution is -0.374. The summed E-state index contributed by atoms with van der Waals surface area (Å²) in [5, 5.41) is 64.3. The van der Waals surface area contributed by atoms with E-state index in [4.69, 9.17) is 23.7 Å². The molecule has 0 aromatic rings. The molecule has 2 heterocycles. The molecule has 0 aromatic carbocycles. The van der Waals surface area contributed by atoms with E-state index in [0.29, 0.717) is 36.5 Å². The van der Waals surface area contributed by atoms with Crippen LogP contribution >= 0.6 is 0 Å². The van der Waals surface area contributed by atoms with E-state index in [1.54, 1.807) is 6.92 Å². The number of rotatable bonds is 52. The number of hydrogen-bond donors (Lipinski definition) is 7. The van der Waals surface area contributed by atoms with Crippen LogP contribution in [0.15, 0.2) is 0 Å². The molecule has 2 saturated heterocycles. The standard InChI is InChI=1S/C67H128O17S/c1-10-12-14-16-18-20-22-24-25-27-28-30-32-34-36-38-55(70)53(8)44-51(6)42-49(4)40-48(3)41-50(5)43-52(7)45-54(9)65(75)82-62-60(73)57(47-69)80-67(83-66-63(84-85(76,77)78)61(74)59(72)56(46-68)79-66)64(62)81-58(71)39-37-35-33-31-29-26-23-21-19-17-15-13-11-2/h48-57,59-64,66-70,72-74H,10-47H2,1-9H3,(H,76,77,78)/t48-,49+,50-,51+,52-,53+,54+,55-,56+,57-,59+,60-,61-,62+,63+,64-,66+,67-/m0/s1. The number of hydrogen-bond acceptors (Lipinski definition) is 16. The molecule has 7 N–H and O–H groups in total. The second-order valence-electron chi connectivity index (χ2n) is 27.0. The van der Waals surface area contributed by atoms with Gasteiger partial charge in [-0.05, 0) is 86.9 Å². The molecule has 0 saturated carbocycles. The van der Waals surface area contributed by atoms with Crippen LogP contribution in [0.2, 0.25) is 0 Å². The fourth-order valence-electron chi connectivity index (χ4n) is 13.4. The molecule has 0 spiro atoms. The van der Waals surface area contributed by atoms with Gasteiger partial charge in [-0.2, -0.15) is 8.42 Å². The lowest BCUT2D eigenvalue weighted by Gasteiger charge is -2.46. The van der Waals surface area contributed by atoms with Crippen LogP contribution in [-0.2, 0) is 47.9 Å². The Labute approximate surface area is 516 Å². The highest BCUT2D eigenvalue weighted by Crippen LogP contribution is 2.35. The lowest BCUT2D eigenvalue weighted by Crippen LogP contribution is -2.65. The second kappa shape index (κ2) is 46.5. The highest BCUT2D eigenvalue weighted by molar-refractivity contribution is 7.80. The van der Waals surface area contributed by atoms with Gasteiger partial charge in [-0.1, -0.05) is 236 Å². The van der Waals surface area contributed by atoms with Crippen molar-refractivity contribution in [1.82, 2.24) is 0 Å². The van der Waals surface area contributed by atoms with Gasteiger partial charge in [0.25, 0.3) is 0 Å². The summed E-state index contributed by atoms with van der Waals surface area (Å²) in [6, 6.07) is 0. The second-order valence-corrected chi connectivity index (χ2v) is 28.1. The van der Waals surface area contributed by atoms with Crippen LogP contribution in [-0.4, -0.2) is 136 Å². The molecule has 17 nitrogen and oxygen atoms in total. The van der Waals surface area contributed by atoms with Gasteiger partial charge < -0.3 is 54.3 Å². The van der Waals surface area contributed by atoms with Crippen molar-refractivity contribution in [2.24, 2.45) is 41.4 Å². The van der Waals surface area contributed by atoms with Crippen LogP contribution < -0.4 is 0 Å². The van der Waals surface area contributed by atoms with Crippen LogP contribution in [0.4, 0.5) is 0 Å². The molecule has 2 aliphatic rings. The highest BCUT2D eigenvalue weighted by Gasteiger charge is 2.55. The van der Waals surface area contributed by atoms with E-state index in [2.05, 4.69) is 59.6 Å².